The molecule has 1 aromatic rings. The van der Waals surface area contributed by atoms with Crippen LogP contribution in [0.3, 0.4) is 0 Å². The summed E-state index contributed by atoms with van der Waals surface area (Å²) >= 11 is 0. The highest BCUT2D eigenvalue weighted by molar-refractivity contribution is 5.92. The van der Waals surface area contributed by atoms with Crippen molar-refractivity contribution in [2.75, 3.05) is 11.4 Å². The van der Waals surface area contributed by atoms with Crippen LogP contribution in [0.25, 0.3) is 0 Å². The number of carbonyl (C=O) groups is 1. The summed E-state index contributed by atoms with van der Waals surface area (Å²) in [5, 5.41) is 0. The molecule has 1 aliphatic rings. The molecule has 0 saturated heterocycles. The van der Waals surface area contributed by atoms with Gasteiger partial charge in [0.15, 0.2) is 5.78 Å². The zero-order valence-electron chi connectivity index (χ0n) is 11.7. The number of para-hydroxylation sites is 1. The van der Waals surface area contributed by atoms with Crippen LogP contribution in [0.2, 0.25) is 0 Å². The predicted octanol–water partition coefficient (Wildman–Crippen LogP) is 3.67. The largest absolute Gasteiger partial charge is 0.344 e. The third kappa shape index (κ3) is 1.86. The Labute approximate surface area is 109 Å². The summed E-state index contributed by atoms with van der Waals surface area (Å²) < 4.78 is 0. The first-order valence-corrected chi connectivity index (χ1v) is 6.64. The number of anilines is 1. The van der Waals surface area contributed by atoms with Crippen molar-refractivity contribution >= 4 is 11.5 Å². The first kappa shape index (κ1) is 12.9. The Balaban J connectivity index is 2.57. The summed E-state index contributed by atoms with van der Waals surface area (Å²) in [6, 6.07) is 8.42. The average Bonchev–Trinajstić information content (AvgIpc) is 2.58. The van der Waals surface area contributed by atoms with Gasteiger partial charge >= 0.3 is 0 Å². The minimum atomic E-state index is -0.0859. The quantitative estimate of drug-likeness (QED) is 0.755. The fourth-order valence-corrected chi connectivity index (χ4v) is 2.70. The van der Waals surface area contributed by atoms with E-state index in [-0.39, 0.29) is 11.2 Å². The Bertz CT molecular complexity index is 500. The summed E-state index contributed by atoms with van der Waals surface area (Å²) in [5.74, 6) is 0.198. The van der Waals surface area contributed by atoms with Crippen LogP contribution >= 0.6 is 0 Å². The molecule has 0 bridgehead atoms. The lowest BCUT2D eigenvalue weighted by Gasteiger charge is -2.25. The van der Waals surface area contributed by atoms with E-state index in [9.17, 15) is 4.79 Å². The number of hydrogen-bond acceptors (Lipinski definition) is 2. The molecule has 1 aromatic carbocycles. The summed E-state index contributed by atoms with van der Waals surface area (Å²) in [5.41, 5.74) is 3.58. The molecule has 0 unspecified atom stereocenters. The van der Waals surface area contributed by atoms with E-state index in [2.05, 4.69) is 49.9 Å². The van der Waals surface area contributed by atoms with E-state index in [1.807, 2.05) is 13.0 Å². The molecule has 0 aromatic heterocycles. The molecule has 0 saturated carbocycles. The number of rotatable bonds is 3. The van der Waals surface area contributed by atoms with Crippen LogP contribution in [-0.2, 0) is 10.2 Å². The lowest BCUT2D eigenvalue weighted by atomic mass is 9.83. The van der Waals surface area contributed by atoms with Gasteiger partial charge in [0, 0.05) is 35.8 Å². The molecule has 1 aliphatic heterocycles. The normalized spacial score (nSPS) is 19.1. The molecule has 96 valence electrons. The van der Waals surface area contributed by atoms with Crippen molar-refractivity contribution in [3.63, 3.8) is 0 Å². The van der Waals surface area contributed by atoms with Crippen molar-refractivity contribution in [3.8, 4) is 0 Å². The van der Waals surface area contributed by atoms with Gasteiger partial charge in [-0.2, -0.15) is 0 Å². The van der Waals surface area contributed by atoms with Gasteiger partial charge in [0.05, 0.1) is 0 Å². The Kier molecular flexibility index (Phi) is 3.29. The Morgan fingerprint density at radius 1 is 1.28 bits per heavy atom. The number of hydrogen-bond donors (Lipinski definition) is 0. The topological polar surface area (TPSA) is 20.3 Å². The maximum absolute atomic E-state index is 11.8. The van der Waals surface area contributed by atoms with Crippen molar-refractivity contribution in [1.29, 1.82) is 0 Å². The lowest BCUT2D eigenvalue weighted by molar-refractivity contribution is -0.114. The minimum Gasteiger partial charge on any atom is -0.344 e. The van der Waals surface area contributed by atoms with Gasteiger partial charge in [-0.05, 0) is 18.6 Å². The number of carbonyl (C=O) groups excluding carboxylic acids is 1. The molecule has 0 radical (unpaired) electrons. The number of nitrogens with zero attached hydrogens (tertiary/aromatic N) is 1. The third-order valence-electron chi connectivity index (χ3n) is 3.76. The molecule has 0 atom stereocenters. The summed E-state index contributed by atoms with van der Waals surface area (Å²) in [6.07, 6.45) is 2.39. The molecule has 0 N–H and O–H groups in total. The highest BCUT2D eigenvalue weighted by Crippen LogP contribution is 2.47. The van der Waals surface area contributed by atoms with Gasteiger partial charge in [0.2, 0.25) is 0 Å². The summed E-state index contributed by atoms with van der Waals surface area (Å²) in [7, 11) is 0. The SMILES string of the molecule is CCC(=O)/C=C1/N(CC)c2ccccc2C1(C)C. The highest BCUT2D eigenvalue weighted by Gasteiger charge is 2.39. The van der Waals surface area contributed by atoms with E-state index in [4.69, 9.17) is 0 Å². The molecule has 2 nitrogen and oxygen atoms in total. The molecule has 0 aliphatic carbocycles. The number of likely N-dealkylation sites (N-methyl/N-ethyl adjacent to an activating group) is 1. The van der Waals surface area contributed by atoms with E-state index >= 15 is 0 Å². The van der Waals surface area contributed by atoms with Crippen molar-refractivity contribution < 1.29 is 4.79 Å². The monoisotopic (exact) mass is 243 g/mol. The second kappa shape index (κ2) is 4.60. The molecule has 18 heavy (non-hydrogen) atoms. The number of benzene rings is 1. The number of allylic oxidation sites excluding steroid dienone is 2. The zero-order valence-corrected chi connectivity index (χ0v) is 11.7. The molecule has 0 fully saturated rings. The molecule has 0 amide bonds. The standard InChI is InChI=1S/C16H21NO/c1-5-12(18)11-15-16(3,4)13-9-7-8-10-14(13)17(15)6-2/h7-11H,5-6H2,1-4H3/b15-11+. The van der Waals surface area contributed by atoms with Crippen molar-refractivity contribution in [1.82, 2.24) is 0 Å². The summed E-state index contributed by atoms with van der Waals surface area (Å²) in [4.78, 5) is 14.0. The fourth-order valence-electron chi connectivity index (χ4n) is 2.70. The predicted molar refractivity (Wildman–Crippen MR) is 75.9 cm³/mol. The fraction of sp³-hybridized carbons (Fsp3) is 0.438. The minimum absolute atomic E-state index is 0.0859. The maximum atomic E-state index is 11.8. The van der Waals surface area contributed by atoms with Gasteiger partial charge in [-0.3, -0.25) is 4.79 Å². The van der Waals surface area contributed by atoms with Crippen molar-refractivity contribution in [2.24, 2.45) is 0 Å². The average molecular weight is 243 g/mol. The van der Waals surface area contributed by atoms with E-state index in [0.717, 1.165) is 12.2 Å². The van der Waals surface area contributed by atoms with Gasteiger partial charge < -0.3 is 4.90 Å². The van der Waals surface area contributed by atoms with Gasteiger partial charge in [-0.15, -0.1) is 0 Å². The third-order valence-corrected chi connectivity index (χ3v) is 3.76. The van der Waals surface area contributed by atoms with Gasteiger partial charge in [-0.25, -0.2) is 0 Å². The Hall–Kier alpha value is -1.57. The van der Waals surface area contributed by atoms with E-state index < -0.39 is 0 Å². The van der Waals surface area contributed by atoms with Crippen LogP contribution in [0.15, 0.2) is 36.0 Å². The second-order valence-electron chi connectivity index (χ2n) is 5.24. The molecule has 2 rings (SSSR count). The second-order valence-corrected chi connectivity index (χ2v) is 5.24. The number of fused-ring (bicyclic) bond motifs is 1. The first-order chi connectivity index (χ1) is 8.52. The Morgan fingerprint density at radius 3 is 2.56 bits per heavy atom. The van der Waals surface area contributed by atoms with Gasteiger partial charge in [-0.1, -0.05) is 39.0 Å². The van der Waals surface area contributed by atoms with E-state index in [0.29, 0.717) is 6.42 Å². The van der Waals surface area contributed by atoms with Crippen LogP contribution in [-0.4, -0.2) is 12.3 Å². The van der Waals surface area contributed by atoms with Crippen molar-refractivity contribution in [2.45, 2.75) is 39.5 Å². The van der Waals surface area contributed by atoms with E-state index in [1.54, 1.807) is 0 Å². The molecule has 1 heterocycles. The Morgan fingerprint density at radius 2 is 1.94 bits per heavy atom. The van der Waals surface area contributed by atoms with Crippen LogP contribution in [0.1, 0.15) is 39.7 Å². The van der Waals surface area contributed by atoms with Crippen LogP contribution in [0.4, 0.5) is 5.69 Å². The molecular formula is C16H21NO. The molecular weight excluding hydrogens is 222 g/mol. The zero-order chi connectivity index (χ0) is 13.3. The highest BCUT2D eigenvalue weighted by atomic mass is 16.1. The van der Waals surface area contributed by atoms with Crippen LogP contribution in [0, 0.1) is 0 Å². The molecule has 2 heteroatoms. The molecule has 0 spiro atoms. The van der Waals surface area contributed by atoms with Crippen molar-refractivity contribution in [3.05, 3.63) is 41.6 Å². The lowest BCUT2D eigenvalue weighted by Crippen LogP contribution is -2.26. The summed E-state index contributed by atoms with van der Waals surface area (Å²) in [6.45, 7) is 9.31. The maximum Gasteiger partial charge on any atom is 0.157 e. The van der Waals surface area contributed by atoms with Gasteiger partial charge in [0.25, 0.3) is 0 Å². The van der Waals surface area contributed by atoms with Gasteiger partial charge in [0.1, 0.15) is 0 Å². The van der Waals surface area contributed by atoms with Crippen LogP contribution < -0.4 is 4.90 Å². The smallest absolute Gasteiger partial charge is 0.157 e. The number of ketones is 1. The van der Waals surface area contributed by atoms with Crippen LogP contribution in [0.5, 0.6) is 0 Å². The van der Waals surface area contributed by atoms with E-state index in [1.165, 1.54) is 11.3 Å². The first-order valence-electron chi connectivity index (χ1n) is 6.64.